The zero-order valence-corrected chi connectivity index (χ0v) is 24.4. The standard InChI is InChI=1S/C28H37F3N6O2Si/c1-38-11-10-33-23-6-5-7-24(23)35-27-34-16-22(28(29,30)31)26(36-27)21-17-37(18-39-12-13-40(2,3)4)25-14-19(15-32)8-9-20(21)25/h8-9,14,16-17,23-24,33H,5-7,10-13,18H2,1-4H3,(H,34,35,36)/t23-,24-/m0/s1. The Labute approximate surface area is 233 Å². The Morgan fingerprint density at radius 3 is 2.65 bits per heavy atom. The van der Waals surface area contributed by atoms with Crippen molar-refractivity contribution in [1.29, 1.82) is 5.26 Å². The van der Waals surface area contributed by atoms with E-state index in [9.17, 15) is 18.4 Å². The summed E-state index contributed by atoms with van der Waals surface area (Å²) in [6.45, 7) is 8.72. The van der Waals surface area contributed by atoms with Gasteiger partial charge in [-0.1, -0.05) is 25.7 Å². The smallest absolute Gasteiger partial charge is 0.383 e. The van der Waals surface area contributed by atoms with Gasteiger partial charge in [-0.2, -0.15) is 18.4 Å². The van der Waals surface area contributed by atoms with Crippen molar-refractivity contribution in [3.63, 3.8) is 0 Å². The van der Waals surface area contributed by atoms with Gasteiger partial charge in [0.2, 0.25) is 5.95 Å². The number of hydrogen-bond donors (Lipinski definition) is 2. The number of fused-ring (bicyclic) bond motifs is 1. The SMILES string of the molecule is COCCN[C@H]1CCC[C@@H]1Nc1ncc(C(F)(F)F)c(-c2cn(COCC[Si](C)(C)C)c3cc(C#N)ccc23)n1. The minimum Gasteiger partial charge on any atom is -0.383 e. The van der Waals surface area contributed by atoms with Gasteiger partial charge in [-0.25, -0.2) is 9.97 Å². The average molecular weight is 575 g/mol. The molecular formula is C28H37F3N6O2Si. The fourth-order valence-corrected chi connectivity index (χ4v) is 5.71. The highest BCUT2D eigenvalue weighted by molar-refractivity contribution is 6.76. The number of ether oxygens (including phenoxy) is 2. The van der Waals surface area contributed by atoms with Gasteiger partial charge in [-0.15, -0.1) is 0 Å². The highest BCUT2D eigenvalue weighted by Gasteiger charge is 2.37. The van der Waals surface area contributed by atoms with E-state index in [-0.39, 0.29) is 30.5 Å². The van der Waals surface area contributed by atoms with Crippen LogP contribution < -0.4 is 10.6 Å². The molecule has 3 aromatic rings. The third-order valence-electron chi connectivity index (χ3n) is 7.13. The maximum Gasteiger partial charge on any atom is 0.419 e. The van der Waals surface area contributed by atoms with Gasteiger partial charge in [-0.05, 0) is 37.4 Å². The van der Waals surface area contributed by atoms with Crippen molar-refractivity contribution in [1.82, 2.24) is 19.9 Å². The molecule has 2 atom stereocenters. The molecule has 8 nitrogen and oxygen atoms in total. The van der Waals surface area contributed by atoms with Crippen LogP contribution in [0.5, 0.6) is 0 Å². The van der Waals surface area contributed by atoms with Gasteiger partial charge >= 0.3 is 6.18 Å². The molecule has 40 heavy (non-hydrogen) atoms. The molecule has 0 bridgehead atoms. The van der Waals surface area contributed by atoms with Crippen LogP contribution in [0.1, 0.15) is 30.4 Å². The minimum atomic E-state index is -4.65. The molecule has 12 heteroatoms. The third kappa shape index (κ3) is 7.40. The largest absolute Gasteiger partial charge is 0.419 e. The lowest BCUT2D eigenvalue weighted by molar-refractivity contribution is -0.137. The van der Waals surface area contributed by atoms with E-state index in [0.717, 1.165) is 31.5 Å². The van der Waals surface area contributed by atoms with Crippen LogP contribution in [0.25, 0.3) is 22.2 Å². The summed E-state index contributed by atoms with van der Waals surface area (Å²) in [5.74, 6) is 0.148. The predicted molar refractivity (Wildman–Crippen MR) is 152 cm³/mol. The van der Waals surface area contributed by atoms with Crippen LogP contribution in [0, 0.1) is 11.3 Å². The van der Waals surface area contributed by atoms with Crippen LogP contribution in [0.15, 0.2) is 30.6 Å². The summed E-state index contributed by atoms with van der Waals surface area (Å²) in [6, 6.07) is 8.15. The Morgan fingerprint density at radius 2 is 1.95 bits per heavy atom. The van der Waals surface area contributed by atoms with Gasteiger partial charge < -0.3 is 24.7 Å². The Balaban J connectivity index is 1.70. The Bertz CT molecular complexity index is 1350. The molecule has 0 amide bonds. The lowest BCUT2D eigenvalue weighted by Crippen LogP contribution is -2.41. The third-order valence-corrected chi connectivity index (χ3v) is 8.83. The first-order valence-corrected chi connectivity index (χ1v) is 17.2. The quantitative estimate of drug-likeness (QED) is 0.206. The van der Waals surface area contributed by atoms with Crippen molar-refractivity contribution in [2.24, 2.45) is 0 Å². The summed E-state index contributed by atoms with van der Waals surface area (Å²) < 4.78 is 55.4. The monoisotopic (exact) mass is 574 g/mol. The van der Waals surface area contributed by atoms with Crippen LogP contribution in [0.2, 0.25) is 25.7 Å². The first-order valence-electron chi connectivity index (χ1n) is 13.5. The molecule has 1 aromatic carbocycles. The Hall–Kier alpha value is -2.98. The Morgan fingerprint density at radius 1 is 1.18 bits per heavy atom. The van der Waals surface area contributed by atoms with Crippen LogP contribution >= 0.6 is 0 Å². The second-order valence-electron chi connectivity index (χ2n) is 11.4. The first kappa shape index (κ1) is 30.0. The summed E-state index contributed by atoms with van der Waals surface area (Å²) in [4.78, 5) is 8.49. The fourth-order valence-electron chi connectivity index (χ4n) is 4.95. The summed E-state index contributed by atoms with van der Waals surface area (Å²) >= 11 is 0. The van der Waals surface area contributed by atoms with E-state index in [0.29, 0.717) is 41.8 Å². The number of nitriles is 1. The first-order chi connectivity index (χ1) is 19.0. The maximum absolute atomic E-state index is 14.2. The number of anilines is 1. The van der Waals surface area contributed by atoms with Gasteiger partial charge in [0.1, 0.15) is 12.3 Å². The molecule has 1 saturated carbocycles. The number of benzene rings is 1. The fraction of sp³-hybridized carbons (Fsp3) is 0.536. The van der Waals surface area contributed by atoms with E-state index in [1.165, 1.54) is 0 Å². The van der Waals surface area contributed by atoms with E-state index >= 15 is 0 Å². The zero-order valence-electron chi connectivity index (χ0n) is 23.4. The highest BCUT2D eigenvalue weighted by Crippen LogP contribution is 2.40. The van der Waals surface area contributed by atoms with Gasteiger partial charge in [0.25, 0.3) is 0 Å². The summed E-state index contributed by atoms with van der Waals surface area (Å²) in [5.41, 5.74) is 0.216. The van der Waals surface area contributed by atoms with Crippen LogP contribution in [-0.2, 0) is 22.4 Å². The molecule has 4 rings (SSSR count). The predicted octanol–water partition coefficient (Wildman–Crippen LogP) is 5.87. The summed E-state index contributed by atoms with van der Waals surface area (Å²) in [6.07, 6.45) is 0.621. The van der Waals surface area contributed by atoms with Crippen molar-refractivity contribution in [2.45, 2.75) is 69.9 Å². The number of nitrogens with one attached hydrogen (secondary N) is 2. The number of rotatable bonds is 12. The minimum absolute atomic E-state index is 0.0132. The van der Waals surface area contributed by atoms with E-state index in [1.807, 2.05) is 0 Å². The Kier molecular flexibility index (Phi) is 9.51. The normalized spacial score (nSPS) is 17.9. The molecule has 1 aliphatic rings. The van der Waals surface area contributed by atoms with Crippen molar-refractivity contribution in [2.75, 3.05) is 32.2 Å². The molecule has 1 aliphatic carbocycles. The van der Waals surface area contributed by atoms with Crippen molar-refractivity contribution in [3.8, 4) is 17.3 Å². The molecule has 0 unspecified atom stereocenters. The van der Waals surface area contributed by atoms with Crippen molar-refractivity contribution < 1.29 is 22.6 Å². The van der Waals surface area contributed by atoms with E-state index < -0.39 is 19.8 Å². The lowest BCUT2D eigenvalue weighted by Gasteiger charge is -2.23. The van der Waals surface area contributed by atoms with Crippen LogP contribution in [0.3, 0.4) is 0 Å². The van der Waals surface area contributed by atoms with E-state index in [1.54, 1.807) is 36.1 Å². The highest BCUT2D eigenvalue weighted by atomic mass is 28.3. The summed E-state index contributed by atoms with van der Waals surface area (Å²) in [5, 5.41) is 16.7. The van der Waals surface area contributed by atoms with Gasteiger partial charge in [0.15, 0.2) is 0 Å². The number of nitrogens with zero attached hydrogens (tertiary/aromatic N) is 4. The number of aromatic nitrogens is 3. The zero-order chi connectivity index (χ0) is 28.9. The van der Waals surface area contributed by atoms with Crippen LogP contribution in [0.4, 0.5) is 19.1 Å². The van der Waals surface area contributed by atoms with Gasteiger partial charge in [0.05, 0.1) is 29.5 Å². The van der Waals surface area contributed by atoms with Gasteiger partial charge in [0, 0.05) is 63.8 Å². The number of hydrogen-bond acceptors (Lipinski definition) is 7. The average Bonchev–Trinajstić information content (AvgIpc) is 3.49. The number of halogens is 3. The van der Waals surface area contributed by atoms with Gasteiger partial charge in [-0.3, -0.25) is 0 Å². The molecule has 1 fully saturated rings. The second kappa shape index (κ2) is 12.7. The molecule has 0 spiro atoms. The second-order valence-corrected chi connectivity index (χ2v) is 17.0. The molecule has 0 saturated heterocycles. The molecule has 0 radical (unpaired) electrons. The molecule has 0 aliphatic heterocycles. The molecule has 2 N–H and O–H groups in total. The molecule has 216 valence electrons. The van der Waals surface area contributed by atoms with E-state index in [2.05, 4.69) is 46.3 Å². The van der Waals surface area contributed by atoms with Crippen molar-refractivity contribution >= 4 is 24.9 Å². The molecule has 2 aromatic heterocycles. The maximum atomic E-state index is 14.2. The summed E-state index contributed by atoms with van der Waals surface area (Å²) in [7, 11) is 0.327. The van der Waals surface area contributed by atoms with Crippen LogP contribution in [-0.4, -0.2) is 61.6 Å². The lowest BCUT2D eigenvalue weighted by atomic mass is 10.0. The van der Waals surface area contributed by atoms with E-state index in [4.69, 9.17) is 9.47 Å². The topological polar surface area (TPSA) is 97.0 Å². The molecule has 2 heterocycles. The number of alkyl halides is 3. The van der Waals surface area contributed by atoms with Crippen molar-refractivity contribution in [3.05, 3.63) is 41.7 Å². The number of methoxy groups -OCH3 is 1. The molecular weight excluding hydrogens is 537 g/mol.